The third-order valence-corrected chi connectivity index (χ3v) is 4.67. The van der Waals surface area contributed by atoms with Gasteiger partial charge in [-0.05, 0) is 17.7 Å². The molecule has 0 spiro atoms. The van der Waals surface area contributed by atoms with Crippen molar-refractivity contribution < 1.29 is 23.2 Å². The molecule has 0 aliphatic rings. The van der Waals surface area contributed by atoms with E-state index in [0.29, 0.717) is 0 Å². The van der Waals surface area contributed by atoms with Gasteiger partial charge in [0.2, 0.25) is 0 Å². The largest absolute Gasteiger partial charge is 0.478 e. The fraction of sp³-hybridized carbons (Fsp3) is 0.0714. The fourth-order valence-electron chi connectivity index (χ4n) is 1.97. The lowest BCUT2D eigenvalue weighted by atomic mass is 10.2. The van der Waals surface area contributed by atoms with Gasteiger partial charge in [-0.15, -0.1) is 0 Å². The molecule has 0 atom stereocenters. The van der Waals surface area contributed by atoms with E-state index in [1.807, 2.05) is 0 Å². The summed E-state index contributed by atoms with van der Waals surface area (Å²) in [6.45, 7) is 0. The minimum Gasteiger partial charge on any atom is -0.478 e. The van der Waals surface area contributed by atoms with Crippen molar-refractivity contribution in [1.82, 2.24) is 0 Å². The van der Waals surface area contributed by atoms with Gasteiger partial charge in [0.05, 0.1) is 21.1 Å². The molecule has 22 heavy (non-hydrogen) atoms. The Morgan fingerprint density at radius 3 is 2.45 bits per heavy atom. The molecule has 0 amide bonds. The van der Waals surface area contributed by atoms with Crippen molar-refractivity contribution in [2.45, 2.75) is 10.6 Å². The molecule has 0 saturated carbocycles. The summed E-state index contributed by atoms with van der Waals surface area (Å²) >= 11 is 0. The summed E-state index contributed by atoms with van der Waals surface area (Å²) in [4.78, 5) is 20.9. The number of rotatable bonds is 5. The van der Waals surface area contributed by atoms with Crippen LogP contribution < -0.4 is 0 Å². The molecule has 7 nitrogen and oxygen atoms in total. The topological polar surface area (TPSA) is 115 Å². The number of nitro groups is 1. The molecular weight excluding hydrogens is 310 g/mol. The van der Waals surface area contributed by atoms with Gasteiger partial charge in [0, 0.05) is 12.1 Å². The highest BCUT2D eigenvalue weighted by atomic mass is 32.2. The normalized spacial score (nSPS) is 11.1. The number of aromatic carboxylic acids is 1. The van der Waals surface area contributed by atoms with Crippen LogP contribution in [0.25, 0.3) is 0 Å². The quantitative estimate of drug-likeness (QED) is 0.667. The van der Waals surface area contributed by atoms with Gasteiger partial charge >= 0.3 is 5.97 Å². The minimum absolute atomic E-state index is 0.217. The van der Waals surface area contributed by atoms with Crippen molar-refractivity contribution in [2.24, 2.45) is 0 Å². The summed E-state index contributed by atoms with van der Waals surface area (Å²) in [5, 5.41) is 19.8. The SMILES string of the molecule is O=C(O)c1ccccc1S(=O)(=O)Cc1cccc([N+](=O)[O-])c1. The number of hydrogen-bond donors (Lipinski definition) is 1. The number of carbonyl (C=O) groups is 1. The van der Waals surface area contributed by atoms with Gasteiger partial charge in [0.15, 0.2) is 9.84 Å². The molecule has 0 aliphatic heterocycles. The number of carboxylic acid groups (broad SMARTS) is 1. The Kier molecular flexibility index (Phi) is 4.22. The van der Waals surface area contributed by atoms with Crippen molar-refractivity contribution in [3.05, 3.63) is 69.8 Å². The highest BCUT2D eigenvalue weighted by Gasteiger charge is 2.23. The third-order valence-electron chi connectivity index (χ3n) is 2.93. The zero-order valence-corrected chi connectivity index (χ0v) is 12.0. The summed E-state index contributed by atoms with van der Waals surface area (Å²) in [5.74, 6) is -1.86. The van der Waals surface area contributed by atoms with E-state index < -0.39 is 26.5 Å². The third kappa shape index (κ3) is 3.29. The molecule has 2 aromatic rings. The van der Waals surface area contributed by atoms with E-state index in [9.17, 15) is 23.3 Å². The van der Waals surface area contributed by atoms with Crippen molar-refractivity contribution in [1.29, 1.82) is 0 Å². The smallest absolute Gasteiger partial charge is 0.337 e. The maximum Gasteiger partial charge on any atom is 0.337 e. The van der Waals surface area contributed by atoms with Crippen LogP contribution in [-0.4, -0.2) is 24.4 Å². The highest BCUT2D eigenvalue weighted by molar-refractivity contribution is 7.90. The number of benzene rings is 2. The van der Waals surface area contributed by atoms with Crippen molar-refractivity contribution in [3.63, 3.8) is 0 Å². The molecule has 0 unspecified atom stereocenters. The monoisotopic (exact) mass is 321 g/mol. The zero-order chi connectivity index (χ0) is 16.3. The first-order valence-corrected chi connectivity index (χ1v) is 7.75. The Bertz CT molecular complexity index is 844. The Hall–Kier alpha value is -2.74. The van der Waals surface area contributed by atoms with Crippen LogP contribution in [0.3, 0.4) is 0 Å². The molecular formula is C14H11NO6S. The molecule has 0 aromatic heterocycles. The maximum atomic E-state index is 12.4. The van der Waals surface area contributed by atoms with Gasteiger partial charge < -0.3 is 5.11 Å². The zero-order valence-electron chi connectivity index (χ0n) is 11.2. The van der Waals surface area contributed by atoms with Crippen LogP contribution >= 0.6 is 0 Å². The summed E-state index contributed by atoms with van der Waals surface area (Å²) in [5.41, 5.74) is -0.332. The van der Waals surface area contributed by atoms with Gasteiger partial charge in [-0.3, -0.25) is 10.1 Å². The lowest BCUT2D eigenvalue weighted by Gasteiger charge is -2.07. The Labute approximate surface area is 125 Å². The van der Waals surface area contributed by atoms with Gasteiger partial charge in [0.1, 0.15) is 0 Å². The molecule has 2 rings (SSSR count). The molecule has 0 bridgehead atoms. The van der Waals surface area contributed by atoms with E-state index >= 15 is 0 Å². The van der Waals surface area contributed by atoms with Crippen LogP contribution in [0.1, 0.15) is 15.9 Å². The number of sulfone groups is 1. The lowest BCUT2D eigenvalue weighted by Crippen LogP contribution is -2.11. The van der Waals surface area contributed by atoms with Crippen molar-refractivity contribution in [2.75, 3.05) is 0 Å². The average Bonchev–Trinajstić information content (AvgIpc) is 2.47. The van der Waals surface area contributed by atoms with Crippen LogP contribution in [-0.2, 0) is 15.6 Å². The van der Waals surface area contributed by atoms with Crippen LogP contribution in [0.15, 0.2) is 53.4 Å². The molecule has 0 fully saturated rings. The predicted octanol–water partition coefficient (Wildman–Crippen LogP) is 2.27. The molecule has 0 radical (unpaired) electrons. The van der Waals surface area contributed by atoms with Gasteiger partial charge in [-0.2, -0.15) is 0 Å². The van der Waals surface area contributed by atoms with Gasteiger partial charge in [0.25, 0.3) is 5.69 Å². The second-order valence-electron chi connectivity index (χ2n) is 4.49. The predicted molar refractivity (Wildman–Crippen MR) is 77.4 cm³/mol. The van der Waals surface area contributed by atoms with E-state index in [2.05, 4.69) is 0 Å². The Balaban J connectivity index is 2.43. The number of non-ortho nitro benzene ring substituents is 1. The van der Waals surface area contributed by atoms with Crippen molar-refractivity contribution in [3.8, 4) is 0 Å². The van der Waals surface area contributed by atoms with E-state index in [-0.39, 0.29) is 21.7 Å². The standard InChI is InChI=1S/C14H11NO6S/c16-14(17)12-6-1-2-7-13(12)22(20,21)9-10-4-3-5-11(8-10)15(18)19/h1-8H,9H2,(H,16,17). The van der Waals surface area contributed by atoms with Gasteiger partial charge in [-0.1, -0.05) is 24.3 Å². The second kappa shape index (κ2) is 5.94. The highest BCUT2D eigenvalue weighted by Crippen LogP contribution is 2.22. The number of carboxylic acids is 1. The first-order valence-electron chi connectivity index (χ1n) is 6.09. The molecule has 2 aromatic carbocycles. The van der Waals surface area contributed by atoms with Gasteiger partial charge in [-0.25, -0.2) is 13.2 Å². The number of nitro benzene ring substituents is 1. The van der Waals surface area contributed by atoms with E-state index in [1.165, 1.54) is 42.5 Å². The maximum absolute atomic E-state index is 12.4. The summed E-state index contributed by atoms with van der Waals surface area (Å²) in [7, 11) is -3.93. The van der Waals surface area contributed by atoms with Crippen molar-refractivity contribution >= 4 is 21.5 Å². The lowest BCUT2D eigenvalue weighted by molar-refractivity contribution is -0.384. The Morgan fingerprint density at radius 2 is 1.82 bits per heavy atom. The van der Waals surface area contributed by atoms with E-state index in [1.54, 1.807) is 0 Å². The summed E-state index contributed by atoms with van der Waals surface area (Å²) in [6.07, 6.45) is 0. The second-order valence-corrected chi connectivity index (χ2v) is 6.45. The summed E-state index contributed by atoms with van der Waals surface area (Å²) in [6, 6.07) is 10.5. The molecule has 114 valence electrons. The molecule has 0 aliphatic carbocycles. The van der Waals surface area contributed by atoms with Crippen LogP contribution in [0.4, 0.5) is 5.69 Å². The average molecular weight is 321 g/mol. The van der Waals surface area contributed by atoms with E-state index in [4.69, 9.17) is 5.11 Å². The number of hydrogen-bond acceptors (Lipinski definition) is 5. The van der Waals surface area contributed by atoms with E-state index in [0.717, 1.165) is 6.07 Å². The molecule has 0 saturated heterocycles. The molecule has 8 heteroatoms. The van der Waals surface area contributed by atoms with Crippen LogP contribution in [0, 0.1) is 10.1 Å². The van der Waals surface area contributed by atoms with Crippen LogP contribution in [0.5, 0.6) is 0 Å². The molecule has 0 heterocycles. The first-order chi connectivity index (χ1) is 10.3. The Morgan fingerprint density at radius 1 is 1.14 bits per heavy atom. The summed E-state index contributed by atoms with van der Waals surface area (Å²) < 4.78 is 24.7. The molecule has 1 N–H and O–H groups in total. The van der Waals surface area contributed by atoms with Crippen LogP contribution in [0.2, 0.25) is 0 Å². The number of nitrogens with zero attached hydrogens (tertiary/aromatic N) is 1. The first kappa shape index (κ1) is 15.6. The minimum atomic E-state index is -3.93. The fourth-order valence-corrected chi connectivity index (χ4v) is 3.52.